The van der Waals surface area contributed by atoms with Crippen LogP contribution in [-0.4, -0.2) is 74.2 Å². The van der Waals surface area contributed by atoms with Gasteiger partial charge >= 0.3 is 12.2 Å². The Labute approximate surface area is 225 Å². The zero-order chi connectivity index (χ0) is 27.9. The molecule has 1 aliphatic rings. The fourth-order valence-electron chi connectivity index (χ4n) is 4.87. The van der Waals surface area contributed by atoms with E-state index in [-0.39, 0.29) is 6.09 Å². The number of anilines is 3. The first-order valence-electron chi connectivity index (χ1n) is 12.9. The van der Waals surface area contributed by atoms with Crippen LogP contribution in [-0.2, 0) is 4.74 Å². The van der Waals surface area contributed by atoms with Gasteiger partial charge in [0.15, 0.2) is 11.4 Å². The maximum Gasteiger partial charge on any atom is 0.432 e. The summed E-state index contributed by atoms with van der Waals surface area (Å²) in [7, 11) is 1.78. The molecule has 1 saturated heterocycles. The molecule has 0 spiro atoms. The zero-order valence-electron chi connectivity index (χ0n) is 22.8. The monoisotopic (exact) mass is 535 g/mol. The van der Waals surface area contributed by atoms with Gasteiger partial charge in [0.2, 0.25) is 5.95 Å². The summed E-state index contributed by atoms with van der Waals surface area (Å²) in [6.07, 6.45) is 1.90. The Balaban J connectivity index is 1.32. The van der Waals surface area contributed by atoms with E-state index in [0.717, 1.165) is 36.0 Å². The van der Waals surface area contributed by atoms with Crippen LogP contribution < -0.4 is 10.2 Å². The third-order valence-corrected chi connectivity index (χ3v) is 6.74. The first-order chi connectivity index (χ1) is 18.5. The summed E-state index contributed by atoms with van der Waals surface area (Å²) in [5.74, 6) is 1.42. The third kappa shape index (κ3) is 5.59. The molecule has 0 unspecified atom stereocenters. The molecule has 1 aliphatic heterocycles. The third-order valence-electron chi connectivity index (χ3n) is 6.74. The van der Waals surface area contributed by atoms with Crippen LogP contribution in [0.5, 0.6) is 0 Å². The van der Waals surface area contributed by atoms with E-state index < -0.39 is 11.7 Å². The van der Waals surface area contributed by atoms with Gasteiger partial charge in [-0.3, -0.25) is 0 Å². The number of benzene rings is 1. The quantitative estimate of drug-likeness (QED) is 0.349. The summed E-state index contributed by atoms with van der Waals surface area (Å²) in [6.45, 7) is 9.50. The first kappa shape index (κ1) is 26.3. The number of nitrogens with one attached hydrogen (secondary N) is 1. The number of fused-ring (bicyclic) bond motifs is 2. The lowest BCUT2D eigenvalue weighted by molar-refractivity contribution is 0.0266. The molecule has 4 aromatic rings. The minimum atomic E-state index is -1.15. The molecule has 0 aliphatic carbocycles. The predicted octanol–water partition coefficient (Wildman–Crippen LogP) is 5.23. The number of furan rings is 1. The molecule has 1 fully saturated rings. The molecule has 2 N–H and O–H groups in total. The number of aromatic nitrogens is 4. The van der Waals surface area contributed by atoms with Gasteiger partial charge in [-0.25, -0.2) is 14.6 Å². The molecule has 0 saturated carbocycles. The van der Waals surface area contributed by atoms with Gasteiger partial charge < -0.3 is 29.4 Å². The van der Waals surface area contributed by atoms with Crippen molar-refractivity contribution in [3.8, 4) is 0 Å². The largest absolute Gasteiger partial charge is 0.463 e. The Morgan fingerprint density at radius 2 is 1.95 bits per heavy atom. The van der Waals surface area contributed by atoms with Gasteiger partial charge in [0.05, 0.1) is 17.5 Å². The average Bonchev–Trinajstić information content (AvgIpc) is 3.47. The molecule has 206 valence electrons. The van der Waals surface area contributed by atoms with Crippen LogP contribution in [0.4, 0.5) is 27.0 Å². The summed E-state index contributed by atoms with van der Waals surface area (Å²) < 4.78 is 12.2. The number of nitrogens with zero attached hydrogens (tertiary/aromatic N) is 6. The number of carbonyl (C=O) groups excluding carboxylic acids is 1. The molecule has 1 aromatic carbocycles. The highest BCUT2D eigenvalue weighted by atomic mass is 16.6. The second-order valence-corrected chi connectivity index (χ2v) is 10.9. The smallest absolute Gasteiger partial charge is 0.432 e. The van der Waals surface area contributed by atoms with Crippen LogP contribution in [0, 0.1) is 12.8 Å². The maximum atomic E-state index is 12.4. The normalized spacial score (nSPS) is 14.6. The zero-order valence-corrected chi connectivity index (χ0v) is 22.8. The van der Waals surface area contributed by atoms with E-state index in [4.69, 9.17) is 14.1 Å². The minimum absolute atomic E-state index is 0.312. The molecule has 12 heteroatoms. The Morgan fingerprint density at radius 3 is 2.64 bits per heavy atom. The molecule has 0 radical (unpaired) electrons. The number of amides is 1. The molecule has 4 heterocycles. The summed E-state index contributed by atoms with van der Waals surface area (Å²) in [6, 6.07) is 7.19. The average molecular weight is 536 g/mol. The van der Waals surface area contributed by atoms with E-state index in [1.54, 1.807) is 37.3 Å². The summed E-state index contributed by atoms with van der Waals surface area (Å²) in [5, 5.41) is 17.6. The number of carboxylic acid groups (broad SMARTS) is 1. The second-order valence-electron chi connectivity index (χ2n) is 10.9. The van der Waals surface area contributed by atoms with Gasteiger partial charge in [-0.2, -0.15) is 14.8 Å². The number of carbonyl (C=O) groups is 2. The highest BCUT2D eigenvalue weighted by Gasteiger charge is 2.27. The highest BCUT2D eigenvalue weighted by Crippen LogP contribution is 2.31. The van der Waals surface area contributed by atoms with Gasteiger partial charge in [0, 0.05) is 43.8 Å². The standard InChI is InChI=1S/C27H33N7O5/c1-16-19-7-6-18(14-21(19)34(31-16)25(35)36)28-24-29-20-10-13-38-22(20)23(30-24)33-11-8-17(9-12-33)15-32(5)26(37)39-27(2,3)4/h6-7,10,13-14,17H,8-9,11-12,15H2,1-5H3,(H,35,36)(H,28,29,30). The SMILES string of the molecule is Cc1nn(C(=O)O)c2cc(Nc3nc(N4CCC(CN(C)C(=O)OC(C)(C)C)CC4)c4occc4n3)ccc12. The van der Waals surface area contributed by atoms with Crippen molar-refractivity contribution in [3.05, 3.63) is 36.2 Å². The minimum Gasteiger partial charge on any atom is -0.463 e. The number of piperidine rings is 1. The van der Waals surface area contributed by atoms with Gasteiger partial charge in [-0.1, -0.05) is 0 Å². The number of ether oxygens (including phenoxy) is 1. The van der Waals surface area contributed by atoms with Gasteiger partial charge in [0.25, 0.3) is 0 Å². The highest BCUT2D eigenvalue weighted by molar-refractivity contribution is 5.92. The molecular weight excluding hydrogens is 502 g/mol. The fourth-order valence-corrected chi connectivity index (χ4v) is 4.87. The van der Waals surface area contributed by atoms with Crippen molar-refractivity contribution in [2.24, 2.45) is 5.92 Å². The summed E-state index contributed by atoms with van der Waals surface area (Å²) in [5.41, 5.74) is 2.51. The Kier molecular flexibility index (Phi) is 6.79. The van der Waals surface area contributed by atoms with Crippen LogP contribution in [0.3, 0.4) is 0 Å². The van der Waals surface area contributed by atoms with Crippen LogP contribution in [0.25, 0.3) is 22.0 Å². The van der Waals surface area contributed by atoms with E-state index in [1.165, 1.54) is 0 Å². The van der Waals surface area contributed by atoms with Crippen molar-refractivity contribution >= 4 is 51.6 Å². The van der Waals surface area contributed by atoms with Crippen molar-refractivity contribution in [1.29, 1.82) is 0 Å². The molecular formula is C27H33N7O5. The lowest BCUT2D eigenvalue weighted by Gasteiger charge is -2.34. The molecule has 5 rings (SSSR count). The van der Waals surface area contributed by atoms with Crippen LogP contribution >= 0.6 is 0 Å². The topological polar surface area (TPSA) is 139 Å². The number of hydrogen-bond acceptors (Lipinski definition) is 9. The Hall–Kier alpha value is -4.35. The van der Waals surface area contributed by atoms with E-state index >= 15 is 0 Å². The number of rotatable bonds is 5. The van der Waals surface area contributed by atoms with Gasteiger partial charge in [-0.15, -0.1) is 0 Å². The van der Waals surface area contributed by atoms with Crippen molar-refractivity contribution in [2.45, 2.75) is 46.1 Å². The van der Waals surface area contributed by atoms with Crippen LogP contribution in [0.1, 0.15) is 39.3 Å². The van der Waals surface area contributed by atoms with E-state index in [0.29, 0.717) is 52.2 Å². The molecule has 3 aromatic heterocycles. The Bertz CT molecular complexity index is 1530. The van der Waals surface area contributed by atoms with Crippen molar-refractivity contribution in [2.75, 3.05) is 36.9 Å². The number of aryl methyl sites for hydroxylation is 1. The van der Waals surface area contributed by atoms with Crippen LogP contribution in [0.2, 0.25) is 0 Å². The van der Waals surface area contributed by atoms with E-state index in [1.807, 2.05) is 32.9 Å². The summed E-state index contributed by atoms with van der Waals surface area (Å²) >= 11 is 0. The summed E-state index contributed by atoms with van der Waals surface area (Å²) in [4.78, 5) is 37.2. The predicted molar refractivity (Wildman–Crippen MR) is 147 cm³/mol. The molecule has 1 amide bonds. The Morgan fingerprint density at radius 1 is 1.21 bits per heavy atom. The lowest BCUT2D eigenvalue weighted by atomic mass is 9.96. The van der Waals surface area contributed by atoms with E-state index in [9.17, 15) is 14.7 Å². The lowest BCUT2D eigenvalue weighted by Crippen LogP contribution is -2.41. The molecule has 0 bridgehead atoms. The molecule has 39 heavy (non-hydrogen) atoms. The number of hydrogen-bond donors (Lipinski definition) is 2. The van der Waals surface area contributed by atoms with Crippen molar-refractivity contribution in [3.63, 3.8) is 0 Å². The molecule has 12 nitrogen and oxygen atoms in total. The maximum absolute atomic E-state index is 12.4. The van der Waals surface area contributed by atoms with Crippen molar-refractivity contribution in [1.82, 2.24) is 24.6 Å². The van der Waals surface area contributed by atoms with E-state index in [2.05, 4.69) is 20.3 Å². The van der Waals surface area contributed by atoms with Crippen LogP contribution in [0.15, 0.2) is 34.9 Å². The first-order valence-corrected chi connectivity index (χ1v) is 12.9. The fraction of sp³-hybridized carbons (Fsp3) is 0.444. The molecule has 0 atom stereocenters. The van der Waals surface area contributed by atoms with Gasteiger partial charge in [0.1, 0.15) is 11.1 Å². The van der Waals surface area contributed by atoms with Gasteiger partial charge in [-0.05, 0) is 64.7 Å². The second kappa shape index (κ2) is 10.1. The van der Waals surface area contributed by atoms with Crippen molar-refractivity contribution < 1.29 is 23.8 Å².